The summed E-state index contributed by atoms with van der Waals surface area (Å²) in [7, 11) is 1.69. The highest BCUT2D eigenvalue weighted by atomic mass is 32.1. The van der Waals surface area contributed by atoms with Gasteiger partial charge in [-0.1, -0.05) is 47.6 Å². The smallest absolute Gasteiger partial charge is 0.147 e. The summed E-state index contributed by atoms with van der Waals surface area (Å²) in [4.78, 5) is 10.1. The number of fused-ring (bicyclic) bond motifs is 1. The Morgan fingerprint density at radius 1 is 1.00 bits per heavy atom. The van der Waals surface area contributed by atoms with Crippen molar-refractivity contribution in [2.45, 2.75) is 19.9 Å². The number of anilines is 1. The molecule has 0 bridgehead atoms. The number of nitrogens with one attached hydrogen (secondary N) is 1. The van der Waals surface area contributed by atoms with Crippen LogP contribution in [0.1, 0.15) is 24.3 Å². The van der Waals surface area contributed by atoms with E-state index in [4.69, 9.17) is 9.26 Å². The largest absolute Gasteiger partial charge is 0.496 e. The van der Waals surface area contributed by atoms with Gasteiger partial charge in [0.05, 0.1) is 23.4 Å². The predicted molar refractivity (Wildman–Crippen MR) is 128 cm³/mol. The molecule has 0 saturated heterocycles. The summed E-state index contributed by atoms with van der Waals surface area (Å²) >= 11 is 1.68. The summed E-state index contributed by atoms with van der Waals surface area (Å²) in [6.07, 6.45) is 1.60. The van der Waals surface area contributed by atoms with Gasteiger partial charge in [0, 0.05) is 22.1 Å². The molecule has 0 aliphatic rings. The van der Waals surface area contributed by atoms with Crippen molar-refractivity contribution in [3.05, 3.63) is 78.3 Å². The lowest BCUT2D eigenvalue weighted by Gasteiger charge is -2.17. The fourth-order valence-corrected chi connectivity index (χ4v) is 4.78. The Morgan fingerprint density at radius 3 is 2.53 bits per heavy atom. The maximum atomic E-state index is 5.52. The molecule has 6 nitrogen and oxygen atoms in total. The van der Waals surface area contributed by atoms with E-state index in [2.05, 4.69) is 63.8 Å². The van der Waals surface area contributed by atoms with E-state index in [0.717, 1.165) is 54.8 Å². The number of nitrogens with zero attached hydrogens (tertiary/aromatic N) is 3. The van der Waals surface area contributed by atoms with Gasteiger partial charge in [-0.3, -0.25) is 0 Å². The van der Waals surface area contributed by atoms with Crippen LogP contribution in [-0.2, 0) is 0 Å². The summed E-state index contributed by atoms with van der Waals surface area (Å²) in [5, 5.41) is 7.63. The van der Waals surface area contributed by atoms with Crippen molar-refractivity contribution < 1.29 is 9.26 Å². The Kier molecular flexibility index (Phi) is 5.33. The second kappa shape index (κ2) is 8.43. The lowest BCUT2D eigenvalue weighted by Crippen LogP contribution is -2.09. The van der Waals surface area contributed by atoms with Gasteiger partial charge < -0.3 is 14.6 Å². The monoisotopic (exact) mass is 442 g/mol. The number of benzene rings is 2. The topological polar surface area (TPSA) is 73.1 Å². The highest BCUT2D eigenvalue weighted by molar-refractivity contribution is 7.22. The van der Waals surface area contributed by atoms with Crippen molar-refractivity contribution >= 4 is 27.4 Å². The standard InChI is InChI=1S/C25H22N4O2S/c1-15-12-20(29-31-15)17-8-10-18(11-9-17)23-13-21-24(32-23)25(27-14-26-21)28-16(2)19-6-4-5-7-22(19)30-3/h4-14,16H,1-3H3,(H,26,27,28)/t16-/m0/s1. The van der Waals surface area contributed by atoms with Gasteiger partial charge in [-0.15, -0.1) is 11.3 Å². The normalized spacial score (nSPS) is 12.1. The molecule has 2 aromatic carbocycles. The van der Waals surface area contributed by atoms with E-state index >= 15 is 0 Å². The Labute approximate surface area is 189 Å². The SMILES string of the molecule is COc1ccccc1[C@H](C)Nc1ncnc2cc(-c3ccc(-c4cc(C)on4)cc3)sc12. The van der Waals surface area contributed by atoms with Gasteiger partial charge in [0.25, 0.3) is 0 Å². The van der Waals surface area contributed by atoms with Crippen LogP contribution in [0.25, 0.3) is 31.9 Å². The Morgan fingerprint density at radius 2 is 1.78 bits per heavy atom. The highest BCUT2D eigenvalue weighted by Gasteiger charge is 2.15. The number of ether oxygens (including phenoxy) is 1. The lowest BCUT2D eigenvalue weighted by molar-refractivity contribution is 0.399. The van der Waals surface area contributed by atoms with E-state index in [1.54, 1.807) is 24.8 Å². The molecule has 0 amide bonds. The first-order chi connectivity index (χ1) is 15.6. The molecular weight excluding hydrogens is 420 g/mol. The summed E-state index contributed by atoms with van der Waals surface area (Å²) in [5.41, 5.74) is 5.00. The molecule has 32 heavy (non-hydrogen) atoms. The van der Waals surface area contributed by atoms with Gasteiger partial charge in [-0.25, -0.2) is 9.97 Å². The Balaban J connectivity index is 1.44. The lowest BCUT2D eigenvalue weighted by atomic mass is 10.1. The van der Waals surface area contributed by atoms with Crippen LogP contribution in [0.2, 0.25) is 0 Å². The number of hydrogen-bond acceptors (Lipinski definition) is 7. The average molecular weight is 443 g/mol. The molecule has 0 saturated carbocycles. The Bertz CT molecular complexity index is 1370. The first kappa shape index (κ1) is 20.2. The molecule has 3 aromatic heterocycles. The number of thiophene rings is 1. The van der Waals surface area contributed by atoms with Gasteiger partial charge in [0.2, 0.25) is 0 Å². The quantitative estimate of drug-likeness (QED) is 0.323. The van der Waals surface area contributed by atoms with Crippen molar-refractivity contribution in [1.29, 1.82) is 0 Å². The molecular formula is C25H22N4O2S. The minimum atomic E-state index is 0.0278. The minimum Gasteiger partial charge on any atom is -0.496 e. The predicted octanol–water partition coefficient (Wildman–Crippen LogP) is 6.50. The number of methoxy groups -OCH3 is 1. The molecule has 5 rings (SSSR count). The molecule has 0 aliphatic carbocycles. The fraction of sp³-hybridized carbons (Fsp3) is 0.160. The first-order valence-corrected chi connectivity index (χ1v) is 11.1. The van der Waals surface area contributed by atoms with Crippen molar-refractivity contribution in [2.24, 2.45) is 0 Å². The van der Waals surface area contributed by atoms with E-state index < -0.39 is 0 Å². The van der Waals surface area contributed by atoms with Crippen LogP contribution in [0.5, 0.6) is 5.75 Å². The van der Waals surface area contributed by atoms with Gasteiger partial charge >= 0.3 is 0 Å². The minimum absolute atomic E-state index is 0.0278. The summed E-state index contributed by atoms with van der Waals surface area (Å²) < 4.78 is 11.7. The van der Waals surface area contributed by atoms with Crippen LogP contribution >= 0.6 is 11.3 Å². The molecule has 0 aliphatic heterocycles. The van der Waals surface area contributed by atoms with Crippen molar-refractivity contribution in [1.82, 2.24) is 15.1 Å². The molecule has 160 valence electrons. The van der Waals surface area contributed by atoms with E-state index in [0.29, 0.717) is 0 Å². The molecule has 5 aromatic rings. The van der Waals surface area contributed by atoms with Crippen molar-refractivity contribution in [3.8, 4) is 27.4 Å². The second-order valence-electron chi connectivity index (χ2n) is 7.56. The third-order valence-corrected chi connectivity index (χ3v) is 6.54. The van der Waals surface area contributed by atoms with E-state index in [1.807, 2.05) is 31.2 Å². The number of para-hydroxylation sites is 1. The highest BCUT2D eigenvalue weighted by Crippen LogP contribution is 2.37. The first-order valence-electron chi connectivity index (χ1n) is 10.3. The van der Waals surface area contributed by atoms with Gasteiger partial charge in [0.15, 0.2) is 0 Å². The molecule has 3 heterocycles. The molecule has 0 fully saturated rings. The second-order valence-corrected chi connectivity index (χ2v) is 8.61. The van der Waals surface area contributed by atoms with E-state index in [1.165, 1.54) is 0 Å². The van der Waals surface area contributed by atoms with Gasteiger partial charge in [-0.05, 0) is 31.5 Å². The van der Waals surface area contributed by atoms with Crippen LogP contribution < -0.4 is 10.1 Å². The van der Waals surface area contributed by atoms with Crippen molar-refractivity contribution in [3.63, 3.8) is 0 Å². The zero-order valence-electron chi connectivity index (χ0n) is 18.0. The van der Waals surface area contributed by atoms with E-state index in [9.17, 15) is 0 Å². The molecule has 1 atom stereocenters. The third kappa shape index (κ3) is 3.83. The molecule has 0 spiro atoms. The molecule has 1 N–H and O–H groups in total. The zero-order valence-corrected chi connectivity index (χ0v) is 18.8. The van der Waals surface area contributed by atoms with Crippen LogP contribution in [0.4, 0.5) is 5.82 Å². The van der Waals surface area contributed by atoms with Gasteiger partial charge in [-0.2, -0.15) is 0 Å². The fourth-order valence-electron chi connectivity index (χ4n) is 3.71. The van der Waals surface area contributed by atoms with Crippen LogP contribution in [0, 0.1) is 6.92 Å². The summed E-state index contributed by atoms with van der Waals surface area (Å²) in [5.74, 6) is 2.47. The molecule has 7 heteroatoms. The number of rotatable bonds is 6. The Hall–Kier alpha value is -3.71. The molecule has 0 unspecified atom stereocenters. The van der Waals surface area contributed by atoms with E-state index in [-0.39, 0.29) is 6.04 Å². The van der Waals surface area contributed by atoms with Crippen molar-refractivity contribution in [2.75, 3.05) is 12.4 Å². The maximum Gasteiger partial charge on any atom is 0.147 e. The van der Waals surface area contributed by atoms with Crippen LogP contribution in [0.15, 0.2) is 71.5 Å². The maximum absolute atomic E-state index is 5.52. The van der Waals surface area contributed by atoms with Gasteiger partial charge in [0.1, 0.15) is 29.3 Å². The third-order valence-electron chi connectivity index (χ3n) is 5.36. The number of aryl methyl sites for hydroxylation is 1. The zero-order chi connectivity index (χ0) is 22.1. The average Bonchev–Trinajstić information content (AvgIpc) is 3.46. The van der Waals surface area contributed by atoms with Crippen LogP contribution in [0.3, 0.4) is 0 Å². The summed E-state index contributed by atoms with van der Waals surface area (Å²) in [6, 6.07) is 20.4. The summed E-state index contributed by atoms with van der Waals surface area (Å²) in [6.45, 7) is 3.99. The molecule has 0 radical (unpaired) electrons. The van der Waals surface area contributed by atoms with Crippen LogP contribution in [-0.4, -0.2) is 22.2 Å². The number of aromatic nitrogens is 3. The number of hydrogen-bond donors (Lipinski definition) is 1.